The number of sulfonamides is 1. The summed E-state index contributed by atoms with van der Waals surface area (Å²) in [6, 6.07) is 6.40. The number of nitrogens with zero attached hydrogens (tertiary/aromatic N) is 2. The molecule has 0 aromatic heterocycles. The van der Waals surface area contributed by atoms with Crippen LogP contribution in [0.25, 0.3) is 0 Å². The molecule has 1 amide bonds. The highest BCUT2D eigenvalue weighted by Crippen LogP contribution is 2.18. The number of benzene rings is 1. The molecular weight excluding hydrogens is 354 g/mol. The second kappa shape index (κ2) is 9.27. The van der Waals surface area contributed by atoms with Crippen molar-refractivity contribution in [1.29, 1.82) is 0 Å². The molecule has 1 aliphatic heterocycles. The largest absolute Gasteiger partial charge is 0.336 e. The van der Waals surface area contributed by atoms with Crippen LogP contribution in [0.1, 0.15) is 24.8 Å². The Kier molecular flexibility index (Phi) is 7.33. The fourth-order valence-corrected chi connectivity index (χ4v) is 3.88. The minimum absolute atomic E-state index is 0.0227. The van der Waals surface area contributed by atoms with Crippen LogP contribution in [0.5, 0.6) is 0 Å². The van der Waals surface area contributed by atoms with Crippen molar-refractivity contribution < 1.29 is 18.4 Å². The Balaban J connectivity index is 2.08. The first-order chi connectivity index (χ1) is 12.4. The van der Waals surface area contributed by atoms with E-state index in [0.29, 0.717) is 19.6 Å². The number of hydrogen-bond donors (Lipinski definition) is 2. The maximum absolute atomic E-state index is 12.8. The predicted octanol–water partition coefficient (Wildman–Crippen LogP) is 1.40. The molecular formula is C18H27N3O4S. The molecule has 1 fully saturated rings. The van der Waals surface area contributed by atoms with Gasteiger partial charge in [-0.3, -0.25) is 4.79 Å². The lowest BCUT2D eigenvalue weighted by molar-refractivity contribution is -0.132. The third-order valence-corrected chi connectivity index (χ3v) is 6.05. The normalized spacial score (nSPS) is 18.9. The Morgan fingerprint density at radius 1 is 1.35 bits per heavy atom. The molecule has 1 unspecified atom stereocenters. The lowest BCUT2D eigenvalue weighted by atomic mass is 10.1. The zero-order valence-electron chi connectivity index (χ0n) is 15.1. The minimum Gasteiger partial charge on any atom is -0.336 e. The van der Waals surface area contributed by atoms with Crippen molar-refractivity contribution in [2.45, 2.75) is 36.6 Å². The first-order valence-corrected chi connectivity index (χ1v) is 10.2. The van der Waals surface area contributed by atoms with E-state index in [1.54, 1.807) is 18.2 Å². The van der Waals surface area contributed by atoms with Gasteiger partial charge in [0, 0.05) is 25.7 Å². The lowest BCUT2D eigenvalue weighted by Crippen LogP contribution is -2.41. The van der Waals surface area contributed by atoms with E-state index in [4.69, 9.17) is 0 Å². The lowest BCUT2D eigenvalue weighted by Gasteiger charge is -2.30. The molecule has 0 aliphatic carbocycles. The van der Waals surface area contributed by atoms with Crippen molar-refractivity contribution in [2.75, 3.05) is 26.7 Å². The summed E-state index contributed by atoms with van der Waals surface area (Å²) < 4.78 is 25.8. The van der Waals surface area contributed by atoms with E-state index in [0.717, 1.165) is 24.8 Å². The standard InChI is InChI=1S/C18H27N3O4S/c1-3-11-21(16-5-4-12-20(23)13-10-16)18(22)14-15-6-8-17(9-7-15)26(24,25)19-2/h3,6-9,16,19,23H,1,4-5,10-14H2,2H3. The minimum atomic E-state index is -3.48. The van der Waals surface area contributed by atoms with Gasteiger partial charge in [0.25, 0.3) is 0 Å². The zero-order chi connectivity index (χ0) is 19.2. The molecule has 1 aliphatic rings. The molecule has 26 heavy (non-hydrogen) atoms. The molecule has 7 nitrogen and oxygen atoms in total. The third-order valence-electron chi connectivity index (χ3n) is 4.62. The second-order valence-corrected chi connectivity index (χ2v) is 8.29. The fraction of sp³-hybridized carbons (Fsp3) is 0.500. The predicted molar refractivity (Wildman–Crippen MR) is 99.3 cm³/mol. The summed E-state index contributed by atoms with van der Waals surface area (Å²) in [6.45, 7) is 5.37. The molecule has 8 heteroatoms. The Morgan fingerprint density at radius 2 is 2.04 bits per heavy atom. The van der Waals surface area contributed by atoms with Crippen molar-refractivity contribution in [1.82, 2.24) is 14.7 Å². The second-order valence-electron chi connectivity index (χ2n) is 6.40. The Bertz CT molecular complexity index is 718. The van der Waals surface area contributed by atoms with E-state index in [9.17, 15) is 18.4 Å². The van der Waals surface area contributed by atoms with Crippen LogP contribution < -0.4 is 4.72 Å². The molecule has 1 saturated heterocycles. The maximum Gasteiger partial charge on any atom is 0.240 e. The topological polar surface area (TPSA) is 90.0 Å². The smallest absolute Gasteiger partial charge is 0.240 e. The molecule has 0 bridgehead atoms. The molecule has 0 saturated carbocycles. The van der Waals surface area contributed by atoms with E-state index in [1.165, 1.54) is 24.2 Å². The van der Waals surface area contributed by atoms with E-state index < -0.39 is 10.0 Å². The van der Waals surface area contributed by atoms with Gasteiger partial charge >= 0.3 is 0 Å². The molecule has 1 heterocycles. The first kappa shape index (κ1) is 20.6. The Labute approximate surface area is 155 Å². The first-order valence-electron chi connectivity index (χ1n) is 8.74. The van der Waals surface area contributed by atoms with Crippen molar-refractivity contribution in [3.63, 3.8) is 0 Å². The van der Waals surface area contributed by atoms with Crippen LogP contribution in [0.15, 0.2) is 41.8 Å². The quantitative estimate of drug-likeness (QED) is 0.697. The number of hydroxylamine groups is 2. The van der Waals surface area contributed by atoms with Crippen LogP contribution >= 0.6 is 0 Å². The molecule has 144 valence electrons. The molecule has 1 aromatic carbocycles. The van der Waals surface area contributed by atoms with Crippen LogP contribution in [0, 0.1) is 0 Å². The third kappa shape index (κ3) is 5.38. The van der Waals surface area contributed by atoms with Gasteiger partial charge in [-0.1, -0.05) is 18.2 Å². The summed E-state index contributed by atoms with van der Waals surface area (Å²) in [6.07, 6.45) is 4.30. The number of rotatable bonds is 7. The van der Waals surface area contributed by atoms with Crippen LogP contribution in [-0.2, 0) is 21.2 Å². The van der Waals surface area contributed by atoms with E-state index >= 15 is 0 Å². The van der Waals surface area contributed by atoms with E-state index in [2.05, 4.69) is 11.3 Å². The zero-order valence-corrected chi connectivity index (χ0v) is 15.9. The van der Waals surface area contributed by atoms with Gasteiger partial charge in [-0.05, 0) is 44.0 Å². The van der Waals surface area contributed by atoms with Crippen molar-refractivity contribution in [3.05, 3.63) is 42.5 Å². The molecule has 2 N–H and O–H groups in total. The molecule has 1 aromatic rings. The number of hydrogen-bond acceptors (Lipinski definition) is 5. The number of carbonyl (C=O) groups excluding carboxylic acids is 1. The average molecular weight is 381 g/mol. The van der Waals surface area contributed by atoms with Crippen LogP contribution in [0.2, 0.25) is 0 Å². The summed E-state index contributed by atoms with van der Waals surface area (Å²) in [4.78, 5) is 14.8. The van der Waals surface area contributed by atoms with Crippen LogP contribution in [-0.4, -0.2) is 62.2 Å². The number of amides is 1. The van der Waals surface area contributed by atoms with Gasteiger partial charge in [0.05, 0.1) is 11.3 Å². The average Bonchev–Trinajstić information content (AvgIpc) is 2.84. The van der Waals surface area contributed by atoms with Crippen LogP contribution in [0.4, 0.5) is 0 Å². The monoisotopic (exact) mass is 381 g/mol. The molecule has 1 atom stereocenters. The van der Waals surface area contributed by atoms with Gasteiger partial charge in [0.2, 0.25) is 15.9 Å². The van der Waals surface area contributed by atoms with Gasteiger partial charge in [-0.25, -0.2) is 13.1 Å². The van der Waals surface area contributed by atoms with Gasteiger partial charge < -0.3 is 10.1 Å². The molecule has 0 spiro atoms. The van der Waals surface area contributed by atoms with Gasteiger partial charge in [-0.2, -0.15) is 5.06 Å². The summed E-state index contributed by atoms with van der Waals surface area (Å²) >= 11 is 0. The summed E-state index contributed by atoms with van der Waals surface area (Å²) in [5.74, 6) is -0.0227. The van der Waals surface area contributed by atoms with Gasteiger partial charge in [0.15, 0.2) is 0 Å². The van der Waals surface area contributed by atoms with Crippen molar-refractivity contribution in [3.8, 4) is 0 Å². The highest BCUT2D eigenvalue weighted by atomic mass is 32.2. The summed E-state index contributed by atoms with van der Waals surface area (Å²) in [5.41, 5.74) is 0.761. The fourth-order valence-electron chi connectivity index (χ4n) is 3.15. The van der Waals surface area contributed by atoms with Gasteiger partial charge in [-0.15, -0.1) is 6.58 Å². The number of carbonyl (C=O) groups is 1. The summed E-state index contributed by atoms with van der Waals surface area (Å²) in [5, 5.41) is 11.0. The molecule has 2 rings (SSSR count). The number of nitrogens with one attached hydrogen (secondary N) is 1. The maximum atomic E-state index is 12.8. The van der Waals surface area contributed by atoms with Crippen molar-refractivity contribution in [2.24, 2.45) is 0 Å². The van der Waals surface area contributed by atoms with Crippen LogP contribution in [0.3, 0.4) is 0 Å². The Morgan fingerprint density at radius 3 is 2.65 bits per heavy atom. The highest BCUT2D eigenvalue weighted by molar-refractivity contribution is 7.89. The highest BCUT2D eigenvalue weighted by Gasteiger charge is 2.25. The van der Waals surface area contributed by atoms with E-state index in [1.807, 2.05) is 4.90 Å². The molecule has 0 radical (unpaired) electrons. The van der Waals surface area contributed by atoms with Gasteiger partial charge in [0.1, 0.15) is 0 Å². The SMILES string of the molecule is C=CCN(C(=O)Cc1ccc(S(=O)(=O)NC)cc1)C1CCCN(O)CC1. The Hall–Kier alpha value is -1.74. The van der Waals surface area contributed by atoms with Crippen molar-refractivity contribution >= 4 is 15.9 Å². The van der Waals surface area contributed by atoms with E-state index in [-0.39, 0.29) is 23.3 Å². The summed E-state index contributed by atoms with van der Waals surface area (Å²) in [7, 11) is -2.12.